The van der Waals surface area contributed by atoms with Crippen molar-refractivity contribution in [3.63, 3.8) is 0 Å². The van der Waals surface area contributed by atoms with E-state index in [-0.39, 0.29) is 5.56 Å². The van der Waals surface area contributed by atoms with Gasteiger partial charge in [0.25, 0.3) is 5.56 Å². The maximum absolute atomic E-state index is 11.9. The molecule has 0 atom stereocenters. The van der Waals surface area contributed by atoms with Gasteiger partial charge in [-0.25, -0.2) is 0 Å². The minimum Gasteiger partial charge on any atom is -0.319 e. The molecule has 1 aromatic carbocycles. The Hall–Kier alpha value is -1.52. The molecule has 18 heavy (non-hydrogen) atoms. The van der Waals surface area contributed by atoms with Gasteiger partial charge in [-0.05, 0) is 39.1 Å². The second-order valence-corrected chi connectivity index (χ2v) is 4.55. The van der Waals surface area contributed by atoms with Crippen molar-refractivity contribution < 1.29 is 0 Å². The average Bonchev–Trinajstić information content (AvgIpc) is 2.63. The molecule has 0 saturated carbocycles. The van der Waals surface area contributed by atoms with E-state index in [0.717, 1.165) is 23.5 Å². The molecule has 2 aromatic rings. The molecule has 0 unspecified atom stereocenters. The normalized spacial score (nSPS) is 10.8. The predicted molar refractivity (Wildman–Crippen MR) is 73.8 cm³/mol. The standard InChI is InChI=1S/C13H16ClN3O/c1-9-10(7-8-15-2)13(18)16-17(9)12-6-4-3-5-11(12)14/h3-6,15H,7-8H2,1-2H3,(H,16,18). The lowest BCUT2D eigenvalue weighted by molar-refractivity contribution is 0.783. The van der Waals surface area contributed by atoms with E-state index < -0.39 is 0 Å². The fraction of sp³-hybridized carbons (Fsp3) is 0.308. The summed E-state index contributed by atoms with van der Waals surface area (Å²) in [7, 11) is 1.87. The van der Waals surface area contributed by atoms with E-state index >= 15 is 0 Å². The molecule has 2 rings (SSSR count). The number of halogens is 1. The third-order valence-electron chi connectivity index (χ3n) is 2.98. The Kier molecular flexibility index (Phi) is 3.89. The fourth-order valence-corrected chi connectivity index (χ4v) is 2.19. The van der Waals surface area contributed by atoms with Crippen molar-refractivity contribution in [2.24, 2.45) is 0 Å². The molecule has 2 N–H and O–H groups in total. The molecular weight excluding hydrogens is 250 g/mol. The van der Waals surface area contributed by atoms with E-state index in [0.29, 0.717) is 11.4 Å². The number of para-hydroxylation sites is 1. The third-order valence-corrected chi connectivity index (χ3v) is 3.30. The maximum Gasteiger partial charge on any atom is 0.267 e. The van der Waals surface area contributed by atoms with Crippen LogP contribution in [0.5, 0.6) is 0 Å². The fourth-order valence-electron chi connectivity index (χ4n) is 1.97. The van der Waals surface area contributed by atoms with Crippen LogP contribution in [-0.2, 0) is 6.42 Å². The van der Waals surface area contributed by atoms with Gasteiger partial charge >= 0.3 is 0 Å². The second kappa shape index (κ2) is 5.42. The van der Waals surface area contributed by atoms with Crippen molar-refractivity contribution in [2.75, 3.05) is 13.6 Å². The Morgan fingerprint density at radius 2 is 2.11 bits per heavy atom. The van der Waals surface area contributed by atoms with Crippen molar-refractivity contribution in [1.29, 1.82) is 0 Å². The number of rotatable bonds is 4. The number of hydrogen-bond acceptors (Lipinski definition) is 2. The predicted octanol–water partition coefficient (Wildman–Crippen LogP) is 1.89. The third kappa shape index (κ3) is 2.35. The molecule has 0 aliphatic heterocycles. The van der Waals surface area contributed by atoms with Gasteiger partial charge in [-0.1, -0.05) is 23.7 Å². The van der Waals surface area contributed by atoms with Crippen LogP contribution < -0.4 is 10.9 Å². The first-order valence-electron chi connectivity index (χ1n) is 5.85. The molecule has 0 aliphatic rings. The summed E-state index contributed by atoms with van der Waals surface area (Å²) >= 11 is 6.14. The summed E-state index contributed by atoms with van der Waals surface area (Å²) in [6, 6.07) is 7.45. The van der Waals surface area contributed by atoms with Crippen LogP contribution in [0.25, 0.3) is 5.69 Å². The summed E-state index contributed by atoms with van der Waals surface area (Å²) < 4.78 is 1.75. The lowest BCUT2D eigenvalue weighted by Gasteiger charge is -2.07. The van der Waals surface area contributed by atoms with E-state index in [4.69, 9.17) is 11.6 Å². The van der Waals surface area contributed by atoms with Gasteiger partial charge in [0.05, 0.1) is 10.7 Å². The smallest absolute Gasteiger partial charge is 0.267 e. The van der Waals surface area contributed by atoms with Crippen molar-refractivity contribution in [1.82, 2.24) is 15.1 Å². The van der Waals surface area contributed by atoms with E-state index in [1.165, 1.54) is 0 Å². The SMILES string of the molecule is CNCCc1c(C)n(-c2ccccc2Cl)[nH]c1=O. The van der Waals surface area contributed by atoms with Crippen molar-refractivity contribution >= 4 is 11.6 Å². The highest BCUT2D eigenvalue weighted by molar-refractivity contribution is 6.32. The number of aromatic amines is 1. The second-order valence-electron chi connectivity index (χ2n) is 4.15. The van der Waals surface area contributed by atoms with Crippen LogP contribution in [-0.4, -0.2) is 23.4 Å². The molecule has 0 fully saturated rings. The highest BCUT2D eigenvalue weighted by Gasteiger charge is 2.13. The summed E-state index contributed by atoms with van der Waals surface area (Å²) in [6.45, 7) is 2.70. The Morgan fingerprint density at radius 1 is 1.39 bits per heavy atom. The lowest BCUT2D eigenvalue weighted by atomic mass is 10.2. The first-order chi connectivity index (χ1) is 8.65. The Bertz CT molecular complexity index is 601. The van der Waals surface area contributed by atoms with Gasteiger partial charge in [0.15, 0.2) is 0 Å². The molecule has 96 valence electrons. The van der Waals surface area contributed by atoms with Gasteiger partial charge in [0, 0.05) is 11.3 Å². The van der Waals surface area contributed by atoms with Crippen molar-refractivity contribution in [3.8, 4) is 5.69 Å². The summed E-state index contributed by atoms with van der Waals surface area (Å²) in [4.78, 5) is 11.9. The molecule has 0 spiro atoms. The zero-order chi connectivity index (χ0) is 13.1. The van der Waals surface area contributed by atoms with Crippen LogP contribution in [0.4, 0.5) is 0 Å². The largest absolute Gasteiger partial charge is 0.319 e. The zero-order valence-corrected chi connectivity index (χ0v) is 11.2. The topological polar surface area (TPSA) is 49.8 Å². The molecule has 0 saturated heterocycles. The summed E-state index contributed by atoms with van der Waals surface area (Å²) in [6.07, 6.45) is 0.703. The van der Waals surface area contributed by atoms with Gasteiger partial charge in [0.2, 0.25) is 0 Å². The van der Waals surface area contributed by atoms with Crippen LogP contribution in [0, 0.1) is 6.92 Å². The maximum atomic E-state index is 11.9. The molecule has 5 heteroatoms. The molecule has 0 amide bonds. The minimum absolute atomic E-state index is 0.0531. The van der Waals surface area contributed by atoms with Crippen molar-refractivity contribution in [3.05, 3.63) is 50.9 Å². The molecule has 0 aliphatic carbocycles. The highest BCUT2D eigenvalue weighted by Crippen LogP contribution is 2.20. The number of nitrogens with zero attached hydrogens (tertiary/aromatic N) is 1. The van der Waals surface area contributed by atoms with Gasteiger partial charge in [-0.2, -0.15) is 0 Å². The molecule has 0 bridgehead atoms. The highest BCUT2D eigenvalue weighted by atomic mass is 35.5. The quantitative estimate of drug-likeness (QED) is 0.887. The van der Waals surface area contributed by atoms with Gasteiger partial charge < -0.3 is 5.32 Å². The summed E-state index contributed by atoms with van der Waals surface area (Å²) in [5.41, 5.74) is 2.44. The number of likely N-dealkylation sites (N-methyl/N-ethyl adjacent to an activating group) is 1. The van der Waals surface area contributed by atoms with Crippen LogP contribution in [0.15, 0.2) is 29.1 Å². The summed E-state index contributed by atoms with van der Waals surface area (Å²) in [5, 5.41) is 6.49. The molecule has 0 radical (unpaired) electrons. The number of aromatic nitrogens is 2. The van der Waals surface area contributed by atoms with E-state index in [2.05, 4.69) is 10.4 Å². The van der Waals surface area contributed by atoms with E-state index in [1.54, 1.807) is 4.68 Å². The lowest BCUT2D eigenvalue weighted by Crippen LogP contribution is -2.15. The van der Waals surface area contributed by atoms with E-state index in [1.807, 2.05) is 38.2 Å². The van der Waals surface area contributed by atoms with Gasteiger partial charge in [0.1, 0.15) is 0 Å². The Labute approximate surface area is 111 Å². The number of hydrogen-bond donors (Lipinski definition) is 2. The summed E-state index contributed by atoms with van der Waals surface area (Å²) in [5.74, 6) is 0. The van der Waals surface area contributed by atoms with Crippen LogP contribution in [0.2, 0.25) is 5.02 Å². The molecule has 4 nitrogen and oxygen atoms in total. The van der Waals surface area contributed by atoms with Crippen molar-refractivity contribution in [2.45, 2.75) is 13.3 Å². The molecule has 1 heterocycles. The number of benzene rings is 1. The van der Waals surface area contributed by atoms with Gasteiger partial charge in [-0.3, -0.25) is 14.6 Å². The van der Waals surface area contributed by atoms with E-state index in [9.17, 15) is 4.79 Å². The monoisotopic (exact) mass is 265 g/mol. The number of H-pyrrole nitrogens is 1. The minimum atomic E-state index is -0.0531. The molecule has 1 aromatic heterocycles. The first-order valence-corrected chi connectivity index (χ1v) is 6.23. The van der Waals surface area contributed by atoms with Gasteiger partial charge in [-0.15, -0.1) is 0 Å². The Morgan fingerprint density at radius 3 is 2.78 bits per heavy atom. The van der Waals surface area contributed by atoms with Crippen LogP contribution in [0.1, 0.15) is 11.3 Å². The first kappa shape index (κ1) is 12.9. The van der Waals surface area contributed by atoms with Crippen LogP contribution in [0.3, 0.4) is 0 Å². The zero-order valence-electron chi connectivity index (χ0n) is 10.5. The average molecular weight is 266 g/mol. The van der Waals surface area contributed by atoms with Crippen LogP contribution >= 0.6 is 11.6 Å². The number of nitrogens with one attached hydrogen (secondary N) is 2. The Balaban J connectivity index is 2.48. The molecular formula is C13H16ClN3O.